The first kappa shape index (κ1) is 11.7. The van der Waals surface area contributed by atoms with Gasteiger partial charge >= 0.3 is 0 Å². The molecule has 1 aromatic carbocycles. The van der Waals surface area contributed by atoms with E-state index in [1.165, 1.54) is 23.5 Å². The predicted octanol–water partition coefficient (Wildman–Crippen LogP) is 4.02. The van der Waals surface area contributed by atoms with E-state index < -0.39 is 0 Å². The van der Waals surface area contributed by atoms with Crippen LogP contribution in [-0.2, 0) is 0 Å². The quantitative estimate of drug-likeness (QED) is 0.779. The Labute approximate surface area is 118 Å². The van der Waals surface area contributed by atoms with Crippen LogP contribution >= 0.6 is 11.3 Å². The maximum atomic E-state index is 4.35. The van der Waals surface area contributed by atoms with Crippen LogP contribution in [0, 0.1) is 23.2 Å². The van der Waals surface area contributed by atoms with Gasteiger partial charge in [-0.3, -0.25) is 0 Å². The van der Waals surface area contributed by atoms with Crippen molar-refractivity contribution in [1.29, 1.82) is 0 Å². The van der Waals surface area contributed by atoms with Crippen LogP contribution in [0.2, 0.25) is 0 Å². The Morgan fingerprint density at radius 1 is 1.21 bits per heavy atom. The Bertz CT molecular complexity index is 613. The van der Waals surface area contributed by atoms with Gasteiger partial charge < -0.3 is 4.90 Å². The number of rotatable bonds is 1. The number of aromatic nitrogens is 1. The smallest absolute Gasteiger partial charge is 0.0813 e. The zero-order chi connectivity index (χ0) is 13.2. The van der Waals surface area contributed by atoms with Crippen LogP contribution in [0.4, 0.5) is 5.69 Å². The maximum absolute atomic E-state index is 4.35. The molecule has 2 nitrogen and oxygen atoms in total. The third-order valence-corrected chi connectivity index (χ3v) is 5.67. The van der Waals surface area contributed by atoms with Gasteiger partial charge in [-0.1, -0.05) is 20.8 Å². The van der Waals surface area contributed by atoms with Crippen molar-refractivity contribution in [1.82, 2.24) is 4.98 Å². The lowest BCUT2D eigenvalue weighted by molar-refractivity contribution is 0.309. The molecule has 1 saturated carbocycles. The van der Waals surface area contributed by atoms with Crippen LogP contribution in [0.3, 0.4) is 0 Å². The van der Waals surface area contributed by atoms with Gasteiger partial charge in [-0.2, -0.15) is 0 Å². The van der Waals surface area contributed by atoms with Crippen molar-refractivity contribution in [3.63, 3.8) is 0 Å². The summed E-state index contributed by atoms with van der Waals surface area (Å²) in [4.78, 5) is 6.92. The van der Waals surface area contributed by atoms with Gasteiger partial charge in [0, 0.05) is 18.8 Å². The second kappa shape index (κ2) is 3.72. The molecule has 2 atom stereocenters. The maximum Gasteiger partial charge on any atom is 0.0813 e. The number of hydrogen-bond donors (Lipinski definition) is 0. The molecule has 0 bridgehead atoms. The third-order valence-electron chi connectivity index (χ3n) is 4.87. The Morgan fingerprint density at radius 3 is 2.63 bits per heavy atom. The minimum absolute atomic E-state index is 0.489. The lowest BCUT2D eigenvalue weighted by atomic mass is 9.87. The summed E-state index contributed by atoms with van der Waals surface area (Å²) in [7, 11) is 0. The summed E-state index contributed by atoms with van der Waals surface area (Å²) in [6, 6.07) is 6.70. The summed E-state index contributed by atoms with van der Waals surface area (Å²) < 4.78 is 1.31. The van der Waals surface area contributed by atoms with E-state index in [4.69, 9.17) is 0 Å². The second-order valence-corrected chi connectivity index (χ2v) is 8.02. The van der Waals surface area contributed by atoms with E-state index in [1.54, 1.807) is 11.3 Å². The van der Waals surface area contributed by atoms with Gasteiger partial charge in [-0.05, 0) is 41.4 Å². The number of thiazole rings is 1. The molecule has 0 amide bonds. The minimum Gasteiger partial charge on any atom is -0.371 e. The summed E-state index contributed by atoms with van der Waals surface area (Å²) >= 11 is 1.74. The van der Waals surface area contributed by atoms with E-state index in [0.717, 1.165) is 23.3 Å². The molecule has 2 aromatic rings. The molecule has 2 heterocycles. The highest BCUT2D eigenvalue weighted by atomic mass is 32.1. The fourth-order valence-electron chi connectivity index (χ4n) is 4.06. The lowest BCUT2D eigenvalue weighted by Crippen LogP contribution is -2.27. The molecule has 3 heteroatoms. The number of benzene rings is 1. The van der Waals surface area contributed by atoms with Crippen LogP contribution in [0.25, 0.3) is 10.2 Å². The van der Waals surface area contributed by atoms with E-state index in [0.29, 0.717) is 5.41 Å². The number of nitrogens with zero attached hydrogens (tertiary/aromatic N) is 2. The number of anilines is 1. The molecule has 2 unspecified atom stereocenters. The topological polar surface area (TPSA) is 16.1 Å². The predicted molar refractivity (Wildman–Crippen MR) is 81.8 cm³/mol. The Morgan fingerprint density at radius 2 is 1.95 bits per heavy atom. The Hall–Kier alpha value is -1.09. The Kier molecular flexibility index (Phi) is 2.29. The van der Waals surface area contributed by atoms with Crippen LogP contribution in [0.5, 0.6) is 0 Å². The summed E-state index contributed by atoms with van der Waals surface area (Å²) in [6.07, 6.45) is 0. The molecular formula is C16H20N2S. The standard InChI is InChI=1S/C16H20N2S/c1-16(2,3)15-11-7-18(8-12(11)15)10-4-5-13-14(6-10)19-9-17-13/h4-6,9,11-12,15H,7-8H2,1-3H3. The van der Waals surface area contributed by atoms with E-state index in [1.807, 2.05) is 5.51 Å². The van der Waals surface area contributed by atoms with Gasteiger partial charge in [-0.15, -0.1) is 11.3 Å². The summed E-state index contributed by atoms with van der Waals surface area (Å²) in [5.74, 6) is 2.80. The van der Waals surface area contributed by atoms with Gasteiger partial charge in [0.1, 0.15) is 0 Å². The average Bonchev–Trinajstić information content (AvgIpc) is 2.77. The lowest BCUT2D eigenvalue weighted by Gasteiger charge is -2.27. The van der Waals surface area contributed by atoms with Crippen LogP contribution in [-0.4, -0.2) is 18.1 Å². The first-order valence-electron chi connectivity index (χ1n) is 7.12. The van der Waals surface area contributed by atoms with Gasteiger partial charge in [0.05, 0.1) is 15.7 Å². The van der Waals surface area contributed by atoms with Crippen molar-refractivity contribution < 1.29 is 0 Å². The molecule has 1 aromatic heterocycles. The van der Waals surface area contributed by atoms with Crippen molar-refractivity contribution in [2.24, 2.45) is 23.2 Å². The summed E-state index contributed by atoms with van der Waals surface area (Å²) in [5.41, 5.74) is 4.94. The molecule has 0 spiro atoms. The number of hydrogen-bond acceptors (Lipinski definition) is 3. The fraction of sp³-hybridized carbons (Fsp3) is 0.562. The normalized spacial score (nSPS) is 29.8. The molecule has 0 radical (unpaired) electrons. The molecule has 0 N–H and O–H groups in total. The highest BCUT2D eigenvalue weighted by molar-refractivity contribution is 7.16. The molecular weight excluding hydrogens is 252 g/mol. The molecule has 2 aliphatic rings. The molecule has 1 saturated heterocycles. The summed E-state index contributed by atoms with van der Waals surface area (Å²) in [6.45, 7) is 9.67. The first-order valence-corrected chi connectivity index (χ1v) is 8.00. The molecule has 2 fully saturated rings. The first-order chi connectivity index (χ1) is 9.04. The second-order valence-electron chi connectivity index (χ2n) is 7.13. The van der Waals surface area contributed by atoms with Crippen molar-refractivity contribution in [2.45, 2.75) is 20.8 Å². The van der Waals surface area contributed by atoms with Crippen molar-refractivity contribution in [3.05, 3.63) is 23.7 Å². The van der Waals surface area contributed by atoms with Crippen molar-refractivity contribution in [3.8, 4) is 0 Å². The van der Waals surface area contributed by atoms with Crippen LogP contribution < -0.4 is 4.90 Å². The van der Waals surface area contributed by atoms with Gasteiger partial charge in [0.15, 0.2) is 0 Å². The van der Waals surface area contributed by atoms with Crippen LogP contribution in [0.1, 0.15) is 20.8 Å². The van der Waals surface area contributed by atoms with E-state index >= 15 is 0 Å². The van der Waals surface area contributed by atoms with Crippen molar-refractivity contribution >= 4 is 27.2 Å². The molecule has 19 heavy (non-hydrogen) atoms. The van der Waals surface area contributed by atoms with E-state index in [-0.39, 0.29) is 0 Å². The molecule has 4 rings (SSSR count). The molecule has 100 valence electrons. The molecule has 1 aliphatic heterocycles. The Balaban J connectivity index is 1.54. The zero-order valence-corrected chi connectivity index (χ0v) is 12.6. The third kappa shape index (κ3) is 1.78. The van der Waals surface area contributed by atoms with E-state index in [9.17, 15) is 0 Å². The number of fused-ring (bicyclic) bond motifs is 2. The average molecular weight is 272 g/mol. The highest BCUT2D eigenvalue weighted by Gasteiger charge is 2.59. The highest BCUT2D eigenvalue weighted by Crippen LogP contribution is 2.60. The summed E-state index contributed by atoms with van der Waals surface area (Å²) in [5, 5.41) is 0. The zero-order valence-electron chi connectivity index (χ0n) is 11.8. The van der Waals surface area contributed by atoms with Crippen molar-refractivity contribution in [2.75, 3.05) is 18.0 Å². The largest absolute Gasteiger partial charge is 0.371 e. The van der Waals surface area contributed by atoms with Gasteiger partial charge in [0.25, 0.3) is 0 Å². The van der Waals surface area contributed by atoms with E-state index in [2.05, 4.69) is 48.9 Å². The molecule has 1 aliphatic carbocycles. The van der Waals surface area contributed by atoms with Crippen LogP contribution in [0.15, 0.2) is 23.7 Å². The fourth-order valence-corrected chi connectivity index (χ4v) is 4.77. The number of piperidine rings is 1. The SMILES string of the molecule is CC(C)(C)C1C2CN(c3ccc4ncsc4c3)CC21. The monoisotopic (exact) mass is 272 g/mol. The minimum atomic E-state index is 0.489. The van der Waals surface area contributed by atoms with Gasteiger partial charge in [-0.25, -0.2) is 4.98 Å². The van der Waals surface area contributed by atoms with Gasteiger partial charge in [0.2, 0.25) is 0 Å².